The van der Waals surface area contributed by atoms with Gasteiger partial charge in [0, 0.05) is 5.92 Å². The predicted molar refractivity (Wildman–Crippen MR) is 89.9 cm³/mol. The molecule has 0 aliphatic rings. The number of nitrogens with zero attached hydrogens (tertiary/aromatic N) is 1. The third-order valence-corrected chi connectivity index (χ3v) is 3.93. The zero-order chi connectivity index (χ0) is 18.0. The van der Waals surface area contributed by atoms with E-state index in [2.05, 4.69) is 11.7 Å². The lowest BCUT2D eigenvalue weighted by Gasteiger charge is -2.14. The number of nitrogens with one attached hydrogen (secondary N) is 1. The summed E-state index contributed by atoms with van der Waals surface area (Å²) in [6, 6.07) is 16.7. The summed E-state index contributed by atoms with van der Waals surface area (Å²) in [5.41, 5.74) is -1.26. The molecule has 0 saturated heterocycles. The highest BCUT2D eigenvalue weighted by Crippen LogP contribution is 2.35. The summed E-state index contributed by atoms with van der Waals surface area (Å²) in [5, 5.41) is 2.22. The van der Waals surface area contributed by atoms with E-state index in [4.69, 9.17) is 0 Å². The van der Waals surface area contributed by atoms with Gasteiger partial charge in [-0.2, -0.15) is 13.2 Å². The molecule has 128 valence electrons. The normalized spacial score (nSPS) is 12.8. The van der Waals surface area contributed by atoms with Crippen molar-refractivity contribution >= 4 is 0 Å². The highest BCUT2D eigenvalue weighted by atomic mass is 19.4. The van der Waals surface area contributed by atoms with Crippen molar-refractivity contribution in [2.45, 2.75) is 12.1 Å². The van der Waals surface area contributed by atoms with E-state index in [-0.39, 0.29) is 5.56 Å². The SMILES string of the molecule is C=CC(c1ccccc1)c1c(C(F)(F)F)[nH]n(-c2ccccc2)c1=O. The molecule has 3 rings (SSSR count). The average Bonchev–Trinajstić information content (AvgIpc) is 2.95. The molecule has 1 heterocycles. The van der Waals surface area contributed by atoms with Crippen LogP contribution in [0.25, 0.3) is 5.69 Å². The van der Waals surface area contributed by atoms with Crippen molar-refractivity contribution in [3.8, 4) is 5.69 Å². The second kappa shape index (κ2) is 6.47. The zero-order valence-corrected chi connectivity index (χ0v) is 13.1. The lowest BCUT2D eigenvalue weighted by Crippen LogP contribution is -2.20. The van der Waals surface area contributed by atoms with Crippen molar-refractivity contribution in [1.82, 2.24) is 9.78 Å². The summed E-state index contributed by atoms with van der Waals surface area (Å²) in [4.78, 5) is 12.8. The van der Waals surface area contributed by atoms with Gasteiger partial charge in [0.2, 0.25) is 0 Å². The number of hydrogen-bond acceptors (Lipinski definition) is 1. The number of alkyl halides is 3. The minimum absolute atomic E-state index is 0.333. The Morgan fingerprint density at radius 2 is 1.56 bits per heavy atom. The summed E-state index contributed by atoms with van der Waals surface area (Å²) in [6.45, 7) is 3.63. The van der Waals surface area contributed by atoms with E-state index in [1.165, 1.54) is 6.08 Å². The summed E-state index contributed by atoms with van der Waals surface area (Å²) in [5.74, 6) is -0.869. The van der Waals surface area contributed by atoms with Crippen LogP contribution in [0.1, 0.15) is 22.7 Å². The van der Waals surface area contributed by atoms with Gasteiger partial charge in [0.05, 0.1) is 11.3 Å². The third kappa shape index (κ3) is 3.15. The summed E-state index contributed by atoms with van der Waals surface area (Å²) >= 11 is 0. The Labute approximate surface area is 142 Å². The molecule has 0 fully saturated rings. The maximum Gasteiger partial charge on any atom is 0.433 e. The molecule has 3 aromatic rings. The van der Waals surface area contributed by atoms with Gasteiger partial charge >= 0.3 is 6.18 Å². The van der Waals surface area contributed by atoms with Gasteiger partial charge in [0.15, 0.2) is 0 Å². The summed E-state index contributed by atoms with van der Waals surface area (Å²) in [6.07, 6.45) is -3.34. The third-order valence-electron chi connectivity index (χ3n) is 3.93. The standard InChI is InChI=1S/C19H15F3N2O/c1-2-15(13-9-5-3-6-10-13)16-17(19(20,21)22)23-24(18(16)25)14-11-7-4-8-12-14/h2-12,15,23H,1H2. The molecule has 0 saturated carbocycles. The van der Waals surface area contributed by atoms with Crippen molar-refractivity contribution < 1.29 is 13.2 Å². The van der Waals surface area contributed by atoms with Crippen LogP contribution >= 0.6 is 0 Å². The molecule has 0 aliphatic heterocycles. The van der Waals surface area contributed by atoms with Crippen molar-refractivity contribution in [2.75, 3.05) is 0 Å². The highest BCUT2D eigenvalue weighted by Gasteiger charge is 2.40. The van der Waals surface area contributed by atoms with Crippen molar-refractivity contribution in [3.05, 3.63) is 100 Å². The minimum Gasteiger partial charge on any atom is -0.286 e. The van der Waals surface area contributed by atoms with E-state index in [0.29, 0.717) is 11.3 Å². The number of para-hydroxylation sites is 1. The first-order valence-electron chi connectivity index (χ1n) is 7.58. The van der Waals surface area contributed by atoms with Gasteiger partial charge in [0.25, 0.3) is 5.56 Å². The zero-order valence-electron chi connectivity index (χ0n) is 13.1. The van der Waals surface area contributed by atoms with Crippen LogP contribution in [0, 0.1) is 0 Å². The maximum atomic E-state index is 13.6. The number of rotatable bonds is 4. The van der Waals surface area contributed by atoms with Crippen LogP contribution in [0.15, 0.2) is 78.1 Å². The Morgan fingerprint density at radius 1 is 1.00 bits per heavy atom. The van der Waals surface area contributed by atoms with Crippen LogP contribution in [0.2, 0.25) is 0 Å². The minimum atomic E-state index is -4.69. The Hall–Kier alpha value is -3.02. The maximum absolute atomic E-state index is 13.6. The fourth-order valence-corrected chi connectivity index (χ4v) is 2.79. The van der Waals surface area contributed by atoms with E-state index >= 15 is 0 Å². The summed E-state index contributed by atoms with van der Waals surface area (Å²) < 4.78 is 41.6. The molecule has 25 heavy (non-hydrogen) atoms. The molecular weight excluding hydrogens is 329 g/mol. The van der Waals surface area contributed by atoms with Gasteiger partial charge in [-0.05, 0) is 17.7 Å². The lowest BCUT2D eigenvalue weighted by molar-refractivity contribution is -0.142. The number of allylic oxidation sites excluding steroid dienone is 1. The van der Waals surface area contributed by atoms with Gasteiger partial charge in [-0.25, -0.2) is 4.68 Å². The molecule has 2 aromatic carbocycles. The van der Waals surface area contributed by atoms with E-state index < -0.39 is 23.3 Å². The Kier molecular flexibility index (Phi) is 4.35. The first kappa shape index (κ1) is 16.8. The molecule has 1 unspecified atom stereocenters. The molecular formula is C19H15F3N2O. The molecule has 3 nitrogen and oxygen atoms in total. The van der Waals surface area contributed by atoms with Crippen LogP contribution in [0.4, 0.5) is 13.2 Å². The Bertz CT molecular complexity index is 925. The lowest BCUT2D eigenvalue weighted by atomic mass is 9.91. The fraction of sp³-hybridized carbons (Fsp3) is 0.105. The number of aromatic amines is 1. The van der Waals surface area contributed by atoms with Gasteiger partial charge in [0.1, 0.15) is 5.69 Å². The highest BCUT2D eigenvalue weighted by molar-refractivity contribution is 5.41. The van der Waals surface area contributed by atoms with Gasteiger partial charge < -0.3 is 0 Å². The monoisotopic (exact) mass is 344 g/mol. The molecule has 0 aliphatic carbocycles. The molecule has 1 atom stereocenters. The second-order valence-corrected chi connectivity index (χ2v) is 5.50. The first-order chi connectivity index (χ1) is 11.9. The number of halogens is 3. The van der Waals surface area contributed by atoms with Gasteiger partial charge in [-0.3, -0.25) is 9.89 Å². The van der Waals surface area contributed by atoms with E-state index in [1.54, 1.807) is 60.7 Å². The Balaban J connectivity index is 2.26. The van der Waals surface area contributed by atoms with E-state index in [1.807, 2.05) is 0 Å². The summed E-state index contributed by atoms with van der Waals surface area (Å²) in [7, 11) is 0. The smallest absolute Gasteiger partial charge is 0.286 e. The molecule has 0 bridgehead atoms. The van der Waals surface area contributed by atoms with Gasteiger partial charge in [-0.1, -0.05) is 54.6 Å². The quantitative estimate of drug-likeness (QED) is 0.695. The average molecular weight is 344 g/mol. The fourth-order valence-electron chi connectivity index (χ4n) is 2.79. The van der Waals surface area contributed by atoms with Crippen LogP contribution in [-0.4, -0.2) is 9.78 Å². The molecule has 0 amide bonds. The molecule has 1 aromatic heterocycles. The molecule has 0 spiro atoms. The van der Waals surface area contributed by atoms with E-state index in [0.717, 1.165) is 4.68 Å². The Morgan fingerprint density at radius 3 is 2.08 bits per heavy atom. The van der Waals surface area contributed by atoms with Crippen LogP contribution in [0.5, 0.6) is 0 Å². The van der Waals surface area contributed by atoms with Crippen molar-refractivity contribution in [1.29, 1.82) is 0 Å². The molecule has 6 heteroatoms. The molecule has 0 radical (unpaired) electrons. The van der Waals surface area contributed by atoms with Crippen molar-refractivity contribution in [2.24, 2.45) is 0 Å². The van der Waals surface area contributed by atoms with E-state index in [9.17, 15) is 18.0 Å². The number of hydrogen-bond donors (Lipinski definition) is 1. The number of aromatic nitrogens is 2. The van der Waals surface area contributed by atoms with Crippen LogP contribution in [-0.2, 0) is 6.18 Å². The molecule has 1 N–H and O–H groups in total. The predicted octanol–water partition coefficient (Wildman–Crippen LogP) is 4.50. The van der Waals surface area contributed by atoms with Crippen LogP contribution < -0.4 is 5.56 Å². The number of benzene rings is 2. The van der Waals surface area contributed by atoms with Crippen molar-refractivity contribution in [3.63, 3.8) is 0 Å². The topological polar surface area (TPSA) is 37.8 Å². The largest absolute Gasteiger partial charge is 0.433 e. The first-order valence-corrected chi connectivity index (χ1v) is 7.58. The second-order valence-electron chi connectivity index (χ2n) is 5.50. The van der Waals surface area contributed by atoms with Gasteiger partial charge in [-0.15, -0.1) is 6.58 Å². The number of H-pyrrole nitrogens is 1. The van der Waals surface area contributed by atoms with Crippen LogP contribution in [0.3, 0.4) is 0 Å².